The number of fused-ring (bicyclic) bond motifs is 1. The summed E-state index contributed by atoms with van der Waals surface area (Å²) >= 11 is 0. The van der Waals surface area contributed by atoms with Crippen molar-refractivity contribution in [3.05, 3.63) is 71.8 Å². The highest BCUT2D eigenvalue weighted by Crippen LogP contribution is 2.33. The molecule has 3 rings (SSSR count). The van der Waals surface area contributed by atoms with Crippen molar-refractivity contribution < 1.29 is 9.90 Å². The Balaban J connectivity index is 2.41. The van der Waals surface area contributed by atoms with E-state index < -0.39 is 5.97 Å². The second-order valence-corrected chi connectivity index (χ2v) is 4.83. The summed E-state index contributed by atoms with van der Waals surface area (Å²) in [4.78, 5) is 11.4. The normalized spacial score (nSPS) is 10.7. The fraction of sp³-hybridized carbons (Fsp3) is 0.0556. The minimum Gasteiger partial charge on any atom is -0.478 e. The maximum atomic E-state index is 11.4. The average molecular weight is 262 g/mol. The standard InChI is InChI=1S/C18H14O2/c1-12-10-11-13-6-2-3-7-14(13)17(12)15-8-4-5-9-16(15)18(19)20/h2-11H,1H3,(H,19,20). The molecule has 0 unspecified atom stereocenters. The Kier molecular flexibility index (Phi) is 2.99. The van der Waals surface area contributed by atoms with Crippen LogP contribution in [0, 0.1) is 6.92 Å². The summed E-state index contributed by atoms with van der Waals surface area (Å²) in [5.41, 5.74) is 3.19. The van der Waals surface area contributed by atoms with Crippen LogP contribution in [0.5, 0.6) is 0 Å². The Morgan fingerprint density at radius 2 is 1.60 bits per heavy atom. The van der Waals surface area contributed by atoms with E-state index in [9.17, 15) is 9.90 Å². The van der Waals surface area contributed by atoms with Gasteiger partial charge in [0.2, 0.25) is 0 Å². The molecule has 0 fully saturated rings. The molecule has 2 heteroatoms. The lowest BCUT2D eigenvalue weighted by molar-refractivity contribution is 0.0698. The molecule has 0 amide bonds. The third-order valence-electron chi connectivity index (χ3n) is 3.56. The predicted molar refractivity (Wildman–Crippen MR) is 81.1 cm³/mol. The number of carbonyl (C=O) groups is 1. The smallest absolute Gasteiger partial charge is 0.336 e. The summed E-state index contributed by atoms with van der Waals surface area (Å²) in [7, 11) is 0. The zero-order chi connectivity index (χ0) is 14.1. The van der Waals surface area contributed by atoms with Crippen LogP contribution in [-0.4, -0.2) is 11.1 Å². The number of rotatable bonds is 2. The van der Waals surface area contributed by atoms with E-state index in [0.717, 1.165) is 27.5 Å². The van der Waals surface area contributed by atoms with Gasteiger partial charge in [0.15, 0.2) is 0 Å². The van der Waals surface area contributed by atoms with Crippen molar-refractivity contribution in [3.8, 4) is 11.1 Å². The van der Waals surface area contributed by atoms with E-state index in [0.29, 0.717) is 5.56 Å². The lowest BCUT2D eigenvalue weighted by Crippen LogP contribution is -2.00. The highest BCUT2D eigenvalue weighted by molar-refractivity contribution is 6.04. The number of carboxylic acid groups (broad SMARTS) is 1. The van der Waals surface area contributed by atoms with Crippen LogP contribution in [0.15, 0.2) is 60.7 Å². The van der Waals surface area contributed by atoms with Crippen LogP contribution in [0.3, 0.4) is 0 Å². The molecule has 2 nitrogen and oxygen atoms in total. The third-order valence-corrected chi connectivity index (χ3v) is 3.56. The summed E-state index contributed by atoms with van der Waals surface area (Å²) in [6, 6.07) is 19.3. The van der Waals surface area contributed by atoms with Gasteiger partial charge in [-0.25, -0.2) is 4.79 Å². The van der Waals surface area contributed by atoms with E-state index in [4.69, 9.17) is 0 Å². The summed E-state index contributed by atoms with van der Waals surface area (Å²) in [5.74, 6) is -0.895. The first kappa shape index (κ1) is 12.4. The zero-order valence-electron chi connectivity index (χ0n) is 11.1. The molecule has 0 radical (unpaired) electrons. The monoisotopic (exact) mass is 262 g/mol. The predicted octanol–water partition coefficient (Wildman–Crippen LogP) is 4.51. The van der Waals surface area contributed by atoms with Gasteiger partial charge in [-0.05, 0) is 40.5 Å². The van der Waals surface area contributed by atoms with Crippen LogP contribution in [0.2, 0.25) is 0 Å². The number of hydrogen-bond donors (Lipinski definition) is 1. The largest absolute Gasteiger partial charge is 0.478 e. The Bertz CT molecular complexity index is 803. The summed E-state index contributed by atoms with van der Waals surface area (Å²) in [5, 5.41) is 11.6. The maximum Gasteiger partial charge on any atom is 0.336 e. The van der Waals surface area contributed by atoms with Gasteiger partial charge in [0.25, 0.3) is 0 Å². The SMILES string of the molecule is Cc1ccc2ccccc2c1-c1ccccc1C(=O)O. The molecule has 0 saturated carbocycles. The number of hydrogen-bond acceptors (Lipinski definition) is 1. The van der Waals surface area contributed by atoms with E-state index in [2.05, 4.69) is 6.07 Å². The fourth-order valence-electron chi connectivity index (χ4n) is 2.63. The molecule has 0 atom stereocenters. The van der Waals surface area contributed by atoms with E-state index in [1.807, 2.05) is 49.4 Å². The first-order valence-corrected chi connectivity index (χ1v) is 6.49. The lowest BCUT2D eigenvalue weighted by atomic mass is 9.91. The molecule has 0 aromatic heterocycles. The first-order valence-electron chi connectivity index (χ1n) is 6.49. The topological polar surface area (TPSA) is 37.3 Å². The Labute approximate surface area is 117 Å². The van der Waals surface area contributed by atoms with Gasteiger partial charge in [0.05, 0.1) is 5.56 Å². The second-order valence-electron chi connectivity index (χ2n) is 4.83. The molecule has 3 aromatic rings. The molecule has 3 aromatic carbocycles. The van der Waals surface area contributed by atoms with E-state index in [1.165, 1.54) is 0 Å². The number of carboxylic acids is 1. The molecule has 20 heavy (non-hydrogen) atoms. The number of aryl methyl sites for hydroxylation is 1. The van der Waals surface area contributed by atoms with Crippen LogP contribution in [-0.2, 0) is 0 Å². The highest BCUT2D eigenvalue weighted by atomic mass is 16.4. The van der Waals surface area contributed by atoms with Crippen LogP contribution >= 0.6 is 0 Å². The molecule has 0 saturated heterocycles. The average Bonchev–Trinajstić information content (AvgIpc) is 2.47. The van der Waals surface area contributed by atoms with Gasteiger partial charge in [0, 0.05) is 0 Å². The van der Waals surface area contributed by atoms with Gasteiger partial charge < -0.3 is 5.11 Å². The Morgan fingerprint density at radius 3 is 2.40 bits per heavy atom. The molecule has 1 N–H and O–H groups in total. The molecule has 98 valence electrons. The van der Waals surface area contributed by atoms with Crippen LogP contribution in [0.1, 0.15) is 15.9 Å². The minimum atomic E-state index is -0.895. The molecule has 0 aliphatic rings. The summed E-state index contributed by atoms with van der Waals surface area (Å²) < 4.78 is 0. The van der Waals surface area contributed by atoms with Gasteiger partial charge >= 0.3 is 5.97 Å². The molecule has 0 heterocycles. The molecule has 0 bridgehead atoms. The van der Waals surface area contributed by atoms with Crippen LogP contribution in [0.4, 0.5) is 0 Å². The Hall–Kier alpha value is -2.61. The fourth-order valence-corrected chi connectivity index (χ4v) is 2.63. The van der Waals surface area contributed by atoms with Gasteiger partial charge in [-0.1, -0.05) is 54.6 Å². The molecule has 0 aliphatic heterocycles. The maximum absolute atomic E-state index is 11.4. The first-order chi connectivity index (χ1) is 9.68. The minimum absolute atomic E-state index is 0.340. The van der Waals surface area contributed by atoms with Crippen LogP contribution in [0.25, 0.3) is 21.9 Å². The number of aromatic carboxylic acids is 1. The van der Waals surface area contributed by atoms with Crippen molar-refractivity contribution in [1.29, 1.82) is 0 Å². The third kappa shape index (κ3) is 1.95. The van der Waals surface area contributed by atoms with Crippen molar-refractivity contribution in [1.82, 2.24) is 0 Å². The van der Waals surface area contributed by atoms with Crippen molar-refractivity contribution in [2.45, 2.75) is 6.92 Å². The van der Waals surface area contributed by atoms with E-state index in [-0.39, 0.29) is 0 Å². The second kappa shape index (κ2) is 4.82. The molecule has 0 aliphatic carbocycles. The molecular formula is C18H14O2. The highest BCUT2D eigenvalue weighted by Gasteiger charge is 2.14. The van der Waals surface area contributed by atoms with Gasteiger partial charge in [0.1, 0.15) is 0 Å². The van der Waals surface area contributed by atoms with Gasteiger partial charge in [-0.3, -0.25) is 0 Å². The van der Waals surface area contributed by atoms with Crippen molar-refractivity contribution in [2.75, 3.05) is 0 Å². The van der Waals surface area contributed by atoms with Crippen molar-refractivity contribution in [3.63, 3.8) is 0 Å². The van der Waals surface area contributed by atoms with Gasteiger partial charge in [-0.15, -0.1) is 0 Å². The van der Waals surface area contributed by atoms with Crippen LogP contribution < -0.4 is 0 Å². The van der Waals surface area contributed by atoms with Gasteiger partial charge in [-0.2, -0.15) is 0 Å². The summed E-state index contributed by atoms with van der Waals surface area (Å²) in [6.07, 6.45) is 0. The van der Waals surface area contributed by atoms with Crippen molar-refractivity contribution >= 4 is 16.7 Å². The summed E-state index contributed by atoms with van der Waals surface area (Å²) in [6.45, 7) is 2.01. The quantitative estimate of drug-likeness (QED) is 0.737. The van der Waals surface area contributed by atoms with E-state index in [1.54, 1.807) is 12.1 Å². The zero-order valence-corrected chi connectivity index (χ0v) is 11.1. The molecule has 0 spiro atoms. The van der Waals surface area contributed by atoms with Crippen molar-refractivity contribution in [2.24, 2.45) is 0 Å². The number of benzene rings is 3. The Morgan fingerprint density at radius 1 is 0.900 bits per heavy atom. The molecular weight excluding hydrogens is 248 g/mol. The lowest BCUT2D eigenvalue weighted by Gasteiger charge is -2.13. The van der Waals surface area contributed by atoms with E-state index >= 15 is 0 Å².